The molecule has 1 aliphatic rings. The van der Waals surface area contributed by atoms with Crippen LogP contribution in [-0.2, 0) is 16.4 Å². The number of aliphatic hydroxyl groups is 1. The van der Waals surface area contributed by atoms with Crippen molar-refractivity contribution in [3.63, 3.8) is 0 Å². The minimum absolute atomic E-state index is 0.0654. The van der Waals surface area contributed by atoms with E-state index in [1.807, 2.05) is 0 Å². The average Bonchev–Trinajstić information content (AvgIpc) is 2.87. The maximum atomic E-state index is 14.1. The molecule has 0 radical (unpaired) electrons. The Kier molecular flexibility index (Phi) is 4.95. The van der Waals surface area contributed by atoms with Gasteiger partial charge in [-0.2, -0.15) is 5.26 Å². The molecule has 0 heterocycles. The quantitative estimate of drug-likeness (QED) is 0.728. The number of ether oxygens (including phenoxy) is 1. The van der Waals surface area contributed by atoms with Crippen LogP contribution in [0.25, 0.3) is 0 Å². The number of fused-ring (bicyclic) bond motifs is 1. The van der Waals surface area contributed by atoms with E-state index < -0.39 is 51.5 Å². The fourth-order valence-corrected chi connectivity index (χ4v) is 3.44. The normalized spacial score (nSPS) is 17.6. The second-order valence-corrected chi connectivity index (χ2v) is 7.71. The van der Waals surface area contributed by atoms with E-state index in [0.29, 0.717) is 0 Å². The maximum absolute atomic E-state index is 14.1. The predicted octanol–water partition coefficient (Wildman–Crippen LogP) is 3.38. The van der Waals surface area contributed by atoms with Crippen molar-refractivity contribution in [2.75, 3.05) is 10.7 Å². The van der Waals surface area contributed by atoms with Gasteiger partial charge in [0.05, 0.1) is 17.3 Å². The second-order valence-electron chi connectivity index (χ2n) is 6.06. The summed E-state index contributed by atoms with van der Waals surface area (Å²) < 4.78 is 84.4. The molecule has 0 aliphatic heterocycles. The predicted molar refractivity (Wildman–Crippen MR) is 89.8 cm³/mol. The van der Waals surface area contributed by atoms with E-state index >= 15 is 0 Å². The summed E-state index contributed by atoms with van der Waals surface area (Å²) in [5.74, 6) is -4.76. The lowest BCUT2D eigenvalue weighted by Gasteiger charge is -2.17. The van der Waals surface area contributed by atoms with Crippen molar-refractivity contribution >= 4 is 15.7 Å². The highest BCUT2D eigenvalue weighted by Gasteiger charge is 2.49. The number of nitrogens with zero attached hydrogens (tertiary/aromatic N) is 1. The van der Waals surface area contributed by atoms with Crippen LogP contribution in [0.1, 0.15) is 22.8 Å². The lowest BCUT2D eigenvalue weighted by atomic mass is 10.1. The zero-order chi connectivity index (χ0) is 20.7. The molecule has 0 fully saturated rings. The van der Waals surface area contributed by atoms with E-state index in [1.54, 1.807) is 10.8 Å². The van der Waals surface area contributed by atoms with Crippen molar-refractivity contribution in [1.29, 1.82) is 5.26 Å². The zero-order valence-corrected chi connectivity index (χ0v) is 14.7. The number of alkyl halides is 3. The Labute approximate surface area is 157 Å². The van der Waals surface area contributed by atoms with Crippen molar-refractivity contribution in [2.24, 2.45) is 0 Å². The van der Waals surface area contributed by atoms with Gasteiger partial charge in [0, 0.05) is 23.6 Å². The number of anilines is 1. The Morgan fingerprint density at radius 1 is 1.32 bits per heavy atom. The maximum Gasteiger partial charge on any atom is 0.281 e. The number of benzene rings is 2. The third-order valence-electron chi connectivity index (χ3n) is 4.04. The van der Waals surface area contributed by atoms with E-state index in [2.05, 4.69) is 0 Å². The van der Waals surface area contributed by atoms with Gasteiger partial charge in [0.2, 0.25) is 6.01 Å². The first-order chi connectivity index (χ1) is 13.1. The molecule has 11 heteroatoms. The Hall–Kier alpha value is -2.84. The number of nitriles is 1. The second kappa shape index (κ2) is 6.96. The van der Waals surface area contributed by atoms with Crippen LogP contribution in [0.3, 0.4) is 0 Å². The summed E-state index contributed by atoms with van der Waals surface area (Å²) in [7, 11) is -4.44. The molecule has 0 bridgehead atoms. The first-order valence-corrected chi connectivity index (χ1v) is 9.38. The van der Waals surface area contributed by atoms with Crippen molar-refractivity contribution in [1.82, 2.24) is 0 Å². The van der Waals surface area contributed by atoms with Crippen molar-refractivity contribution in [2.45, 2.75) is 18.4 Å². The highest BCUT2D eigenvalue weighted by molar-refractivity contribution is 7.92. The molecule has 6 nitrogen and oxygen atoms in total. The number of rotatable bonds is 5. The molecule has 2 aromatic carbocycles. The van der Waals surface area contributed by atoms with E-state index in [4.69, 9.17) is 10.00 Å². The van der Waals surface area contributed by atoms with Gasteiger partial charge in [-0.25, -0.2) is 26.0 Å². The molecule has 148 valence electrons. The summed E-state index contributed by atoms with van der Waals surface area (Å²) in [6, 6.07) is 5.13. The number of halogens is 4. The molecular weight excluding hydrogens is 404 g/mol. The van der Waals surface area contributed by atoms with Crippen molar-refractivity contribution in [3.8, 4) is 17.6 Å². The van der Waals surface area contributed by atoms with E-state index in [9.17, 15) is 31.1 Å². The molecule has 0 unspecified atom stereocenters. The van der Waals surface area contributed by atoms with Crippen LogP contribution in [0.2, 0.25) is 0 Å². The van der Waals surface area contributed by atoms with Crippen LogP contribution in [0.5, 0.6) is 11.5 Å². The SMILES string of the molecule is N#Cc1cc(F)cc(Oc2ccc(NS(=O)(=O)CF)c3c2CC(F)(F)[C@H]3O)c1. The van der Waals surface area contributed by atoms with Gasteiger partial charge in [0.25, 0.3) is 15.9 Å². The first-order valence-electron chi connectivity index (χ1n) is 7.73. The minimum Gasteiger partial charge on any atom is -0.457 e. The van der Waals surface area contributed by atoms with Gasteiger partial charge in [-0.15, -0.1) is 0 Å². The first kappa shape index (κ1) is 19.9. The average molecular weight is 416 g/mol. The molecule has 1 aliphatic carbocycles. The number of nitrogens with one attached hydrogen (secondary N) is 1. The van der Waals surface area contributed by atoms with Crippen LogP contribution in [0, 0.1) is 17.1 Å². The molecule has 2 N–H and O–H groups in total. The number of hydrogen-bond acceptors (Lipinski definition) is 5. The molecule has 3 rings (SSSR count). The van der Waals surface area contributed by atoms with Crippen LogP contribution < -0.4 is 9.46 Å². The van der Waals surface area contributed by atoms with Crippen LogP contribution in [-0.4, -0.2) is 25.5 Å². The van der Waals surface area contributed by atoms with Gasteiger partial charge in [0.1, 0.15) is 23.4 Å². The largest absolute Gasteiger partial charge is 0.457 e. The smallest absolute Gasteiger partial charge is 0.281 e. The van der Waals surface area contributed by atoms with Crippen LogP contribution >= 0.6 is 0 Å². The summed E-state index contributed by atoms with van der Waals surface area (Å²) in [6.07, 6.45) is -3.34. The molecule has 1 atom stereocenters. The number of sulfonamides is 1. The molecule has 0 saturated carbocycles. The van der Waals surface area contributed by atoms with E-state index in [0.717, 1.165) is 24.3 Å². The summed E-state index contributed by atoms with van der Waals surface area (Å²) in [5, 5.41) is 18.8. The third kappa shape index (κ3) is 3.74. The number of aliphatic hydroxyl groups excluding tert-OH is 1. The molecule has 0 spiro atoms. The Balaban J connectivity index is 2.08. The summed E-state index contributed by atoms with van der Waals surface area (Å²) in [5.41, 5.74) is -1.17. The van der Waals surface area contributed by atoms with Crippen LogP contribution in [0.4, 0.5) is 23.2 Å². The van der Waals surface area contributed by atoms with Gasteiger partial charge in [0.15, 0.2) is 0 Å². The summed E-state index contributed by atoms with van der Waals surface area (Å²) in [6.45, 7) is 0. The minimum atomic E-state index is -4.44. The molecule has 0 saturated heterocycles. The number of hydrogen-bond donors (Lipinski definition) is 2. The molecule has 2 aromatic rings. The molecule has 0 aromatic heterocycles. The molecule has 0 amide bonds. The highest BCUT2D eigenvalue weighted by Crippen LogP contribution is 2.50. The monoisotopic (exact) mass is 416 g/mol. The highest BCUT2D eigenvalue weighted by atomic mass is 32.2. The lowest BCUT2D eigenvalue weighted by Crippen LogP contribution is -2.22. The van der Waals surface area contributed by atoms with Crippen molar-refractivity contribution in [3.05, 3.63) is 52.8 Å². The summed E-state index contributed by atoms with van der Waals surface area (Å²) >= 11 is 0. The fraction of sp³-hybridized carbons (Fsp3) is 0.235. The fourth-order valence-electron chi connectivity index (χ4n) is 2.88. The van der Waals surface area contributed by atoms with Gasteiger partial charge in [-0.1, -0.05) is 0 Å². The standard InChI is InChI=1S/C17H12F4N2O4S/c18-8-28(25,26)23-13-1-2-14(12-6-17(20,21)16(24)15(12)13)27-11-4-9(7-22)3-10(19)5-11/h1-5,16,23-24H,6,8H2/t16-/m0/s1. The van der Waals surface area contributed by atoms with Gasteiger partial charge >= 0.3 is 0 Å². The Bertz CT molecular complexity index is 1080. The zero-order valence-electron chi connectivity index (χ0n) is 13.9. The van der Waals surface area contributed by atoms with Crippen molar-refractivity contribution < 1.29 is 35.8 Å². The topological polar surface area (TPSA) is 99.4 Å². The molecular formula is C17H12F4N2O4S. The molecule has 28 heavy (non-hydrogen) atoms. The Morgan fingerprint density at radius 3 is 2.68 bits per heavy atom. The van der Waals surface area contributed by atoms with E-state index in [1.165, 1.54) is 6.07 Å². The third-order valence-corrected chi connectivity index (χ3v) is 4.86. The summed E-state index contributed by atoms with van der Waals surface area (Å²) in [4.78, 5) is 0. The lowest BCUT2D eigenvalue weighted by molar-refractivity contribution is -0.0966. The van der Waals surface area contributed by atoms with Crippen LogP contribution in [0.15, 0.2) is 30.3 Å². The van der Waals surface area contributed by atoms with Gasteiger partial charge in [-0.3, -0.25) is 4.72 Å². The van der Waals surface area contributed by atoms with Gasteiger partial charge < -0.3 is 9.84 Å². The van der Waals surface area contributed by atoms with Gasteiger partial charge in [-0.05, 0) is 24.3 Å². The Morgan fingerprint density at radius 2 is 2.04 bits per heavy atom. The van der Waals surface area contributed by atoms with E-state index in [-0.39, 0.29) is 22.6 Å².